The van der Waals surface area contributed by atoms with Gasteiger partial charge in [0.1, 0.15) is 0 Å². The summed E-state index contributed by atoms with van der Waals surface area (Å²) in [6.45, 7) is 1.92. The van der Waals surface area contributed by atoms with E-state index in [4.69, 9.17) is 0 Å². The highest BCUT2D eigenvalue weighted by Crippen LogP contribution is 2.27. The molecule has 5 heteroatoms. The van der Waals surface area contributed by atoms with Gasteiger partial charge >= 0.3 is 5.69 Å². The quantitative estimate of drug-likeness (QED) is 0.842. The molecule has 4 nitrogen and oxygen atoms in total. The number of hydrogen-bond acceptors (Lipinski definition) is 3. The Morgan fingerprint density at radius 1 is 1.41 bits per heavy atom. The molecule has 88 valence electrons. The van der Waals surface area contributed by atoms with Crippen LogP contribution in [0.5, 0.6) is 0 Å². The van der Waals surface area contributed by atoms with Crippen LogP contribution < -0.4 is 11.0 Å². The lowest BCUT2D eigenvalue weighted by Crippen LogP contribution is -2.17. The molecule has 1 unspecified atom stereocenters. The summed E-state index contributed by atoms with van der Waals surface area (Å²) >= 11 is 3.46. The molecule has 1 aromatic heterocycles. The number of hydrogen-bond donors (Lipinski definition) is 2. The van der Waals surface area contributed by atoms with Gasteiger partial charge in [-0.2, -0.15) is 4.98 Å². The Labute approximate surface area is 107 Å². The highest BCUT2D eigenvalue weighted by Gasteiger charge is 2.20. The number of nitrogens with one attached hydrogen (secondary N) is 2. The predicted octanol–water partition coefficient (Wildman–Crippen LogP) is 1.76. The van der Waals surface area contributed by atoms with Crippen molar-refractivity contribution < 1.29 is 0 Å². The molecule has 2 heterocycles. The number of benzene rings is 1. The van der Waals surface area contributed by atoms with Crippen molar-refractivity contribution in [2.24, 2.45) is 0 Å². The normalized spacial score (nSPS) is 19.9. The maximum atomic E-state index is 11.5. The van der Waals surface area contributed by atoms with Crippen LogP contribution in [0.3, 0.4) is 0 Å². The van der Waals surface area contributed by atoms with Gasteiger partial charge in [0.15, 0.2) is 0 Å². The number of halogens is 1. The maximum absolute atomic E-state index is 11.5. The maximum Gasteiger partial charge on any atom is 0.345 e. The first-order valence-electron chi connectivity index (χ1n) is 5.64. The van der Waals surface area contributed by atoms with Crippen LogP contribution in [-0.2, 0) is 0 Å². The van der Waals surface area contributed by atoms with Gasteiger partial charge in [0.05, 0.1) is 5.52 Å². The highest BCUT2D eigenvalue weighted by atomic mass is 79.9. The van der Waals surface area contributed by atoms with E-state index in [1.54, 1.807) is 0 Å². The average molecular weight is 294 g/mol. The molecule has 17 heavy (non-hydrogen) atoms. The largest absolute Gasteiger partial charge is 0.345 e. The van der Waals surface area contributed by atoms with Crippen molar-refractivity contribution in [3.8, 4) is 0 Å². The van der Waals surface area contributed by atoms with E-state index in [0.29, 0.717) is 5.92 Å². The van der Waals surface area contributed by atoms with Gasteiger partial charge in [-0.15, -0.1) is 0 Å². The van der Waals surface area contributed by atoms with Crippen LogP contribution in [0.4, 0.5) is 0 Å². The van der Waals surface area contributed by atoms with E-state index in [1.165, 1.54) is 0 Å². The van der Waals surface area contributed by atoms with E-state index >= 15 is 0 Å². The number of nitrogens with zero attached hydrogens (tertiary/aromatic N) is 1. The van der Waals surface area contributed by atoms with Gasteiger partial charge in [0.25, 0.3) is 0 Å². The molecular weight excluding hydrogens is 282 g/mol. The first kappa shape index (κ1) is 10.9. The van der Waals surface area contributed by atoms with E-state index < -0.39 is 0 Å². The van der Waals surface area contributed by atoms with Crippen molar-refractivity contribution in [1.29, 1.82) is 0 Å². The fourth-order valence-electron chi connectivity index (χ4n) is 2.36. The Morgan fingerprint density at radius 3 is 3.06 bits per heavy atom. The Morgan fingerprint density at radius 2 is 2.29 bits per heavy atom. The summed E-state index contributed by atoms with van der Waals surface area (Å²) in [6, 6.07) is 5.80. The molecule has 2 N–H and O–H groups in total. The van der Waals surface area contributed by atoms with E-state index in [-0.39, 0.29) is 5.69 Å². The summed E-state index contributed by atoms with van der Waals surface area (Å²) in [7, 11) is 0. The van der Waals surface area contributed by atoms with Crippen LogP contribution in [0.1, 0.15) is 18.0 Å². The van der Waals surface area contributed by atoms with E-state index in [0.717, 1.165) is 40.6 Å². The summed E-state index contributed by atoms with van der Waals surface area (Å²) in [4.78, 5) is 18.4. The number of H-pyrrole nitrogens is 1. The van der Waals surface area contributed by atoms with Gasteiger partial charge in [0.2, 0.25) is 0 Å². The Bertz CT molecular complexity index is 617. The van der Waals surface area contributed by atoms with Crippen molar-refractivity contribution in [2.45, 2.75) is 12.3 Å². The topological polar surface area (TPSA) is 57.8 Å². The fourth-order valence-corrected chi connectivity index (χ4v) is 2.73. The smallest absolute Gasteiger partial charge is 0.316 e. The predicted molar refractivity (Wildman–Crippen MR) is 70.3 cm³/mol. The minimum absolute atomic E-state index is 0.262. The fraction of sp³-hybridized carbons (Fsp3) is 0.333. The monoisotopic (exact) mass is 293 g/mol. The molecule has 1 aliphatic rings. The zero-order valence-corrected chi connectivity index (χ0v) is 10.8. The molecule has 0 amide bonds. The third-order valence-corrected chi connectivity index (χ3v) is 3.67. The van der Waals surface area contributed by atoms with Crippen molar-refractivity contribution in [3.63, 3.8) is 0 Å². The third kappa shape index (κ3) is 2.00. The van der Waals surface area contributed by atoms with Crippen molar-refractivity contribution >= 4 is 26.8 Å². The molecule has 0 radical (unpaired) electrons. The van der Waals surface area contributed by atoms with Gasteiger partial charge in [-0.1, -0.05) is 15.9 Å². The minimum Gasteiger partial charge on any atom is -0.316 e. The molecule has 0 aliphatic carbocycles. The van der Waals surface area contributed by atoms with Crippen LogP contribution in [0, 0.1) is 0 Å². The molecule has 0 saturated carbocycles. The summed E-state index contributed by atoms with van der Waals surface area (Å²) < 4.78 is 1.01. The summed E-state index contributed by atoms with van der Waals surface area (Å²) in [5.74, 6) is 0.377. The second-order valence-electron chi connectivity index (χ2n) is 4.31. The third-order valence-electron chi connectivity index (χ3n) is 3.18. The summed E-state index contributed by atoms with van der Waals surface area (Å²) in [5.41, 5.74) is 1.51. The van der Waals surface area contributed by atoms with Crippen LogP contribution in [-0.4, -0.2) is 23.1 Å². The first-order chi connectivity index (χ1) is 8.24. The van der Waals surface area contributed by atoms with E-state index in [9.17, 15) is 4.79 Å². The number of aromatic amines is 1. The average Bonchev–Trinajstić information content (AvgIpc) is 2.82. The standard InChI is InChI=1S/C12H12BrN3O/c13-8-1-2-10-9(5-8)11(16-12(17)15-10)7-3-4-14-6-7/h1-2,5,7,14H,3-4,6H2,(H,15,16,17). The highest BCUT2D eigenvalue weighted by molar-refractivity contribution is 9.10. The molecular formula is C12H12BrN3O. The SMILES string of the molecule is O=c1nc2ccc(Br)cc2c(C2CCNC2)[nH]1. The second kappa shape index (κ2) is 4.23. The van der Waals surface area contributed by atoms with Gasteiger partial charge in [-0.25, -0.2) is 4.79 Å². The van der Waals surface area contributed by atoms with Crippen molar-refractivity contribution in [2.75, 3.05) is 13.1 Å². The first-order valence-corrected chi connectivity index (χ1v) is 6.43. The van der Waals surface area contributed by atoms with Gasteiger partial charge in [-0.3, -0.25) is 0 Å². The molecule has 0 bridgehead atoms. The Kier molecular flexibility index (Phi) is 2.72. The Balaban J connectivity index is 2.27. The van der Waals surface area contributed by atoms with Crippen LogP contribution >= 0.6 is 15.9 Å². The van der Waals surface area contributed by atoms with Crippen molar-refractivity contribution in [1.82, 2.24) is 15.3 Å². The van der Waals surface area contributed by atoms with Gasteiger partial charge in [0, 0.05) is 28.0 Å². The van der Waals surface area contributed by atoms with Crippen LogP contribution in [0.25, 0.3) is 10.9 Å². The summed E-state index contributed by atoms with van der Waals surface area (Å²) in [5, 5.41) is 4.35. The molecule has 1 fully saturated rings. The van der Waals surface area contributed by atoms with E-state index in [2.05, 4.69) is 31.2 Å². The Hall–Kier alpha value is -1.20. The summed E-state index contributed by atoms with van der Waals surface area (Å²) in [6.07, 6.45) is 1.06. The molecule has 1 aromatic carbocycles. The molecule has 0 spiro atoms. The zero-order valence-electron chi connectivity index (χ0n) is 9.16. The van der Waals surface area contributed by atoms with Gasteiger partial charge < -0.3 is 10.3 Å². The van der Waals surface area contributed by atoms with Gasteiger partial charge in [-0.05, 0) is 31.2 Å². The second-order valence-corrected chi connectivity index (χ2v) is 5.22. The van der Waals surface area contributed by atoms with Crippen LogP contribution in [0.15, 0.2) is 27.5 Å². The number of fused-ring (bicyclic) bond motifs is 1. The lowest BCUT2D eigenvalue weighted by atomic mass is 10.0. The minimum atomic E-state index is -0.262. The zero-order chi connectivity index (χ0) is 11.8. The van der Waals surface area contributed by atoms with Crippen molar-refractivity contribution in [3.05, 3.63) is 38.9 Å². The number of rotatable bonds is 1. The molecule has 1 saturated heterocycles. The molecule has 1 atom stereocenters. The molecule has 2 aromatic rings. The van der Waals surface area contributed by atoms with E-state index in [1.807, 2.05) is 18.2 Å². The lowest BCUT2D eigenvalue weighted by molar-refractivity contribution is 0.735. The van der Waals surface area contributed by atoms with Crippen LogP contribution in [0.2, 0.25) is 0 Å². The lowest BCUT2D eigenvalue weighted by Gasteiger charge is -2.11. The molecule has 3 rings (SSSR count). The molecule has 1 aliphatic heterocycles. The number of aromatic nitrogens is 2.